The third-order valence-electron chi connectivity index (χ3n) is 4.75. The SMILES string of the molecule is NC(=O)c1cc(-c2ccc(Oc3ccc(F)cc3)cc2)cc(CC(=O)ONc2ccccc2)n1. The second kappa shape index (κ2) is 10.3. The number of hydrogen-bond acceptors (Lipinski definition) is 6. The van der Waals surface area contributed by atoms with E-state index in [9.17, 15) is 14.0 Å². The smallest absolute Gasteiger partial charge is 0.338 e. The zero-order valence-corrected chi connectivity index (χ0v) is 17.9. The van der Waals surface area contributed by atoms with Gasteiger partial charge in [0.25, 0.3) is 5.91 Å². The van der Waals surface area contributed by atoms with Gasteiger partial charge < -0.3 is 15.3 Å². The van der Waals surface area contributed by atoms with Crippen molar-refractivity contribution < 1.29 is 23.6 Å². The predicted octanol–water partition coefficient (Wildman–Crippen LogP) is 4.89. The third kappa shape index (κ3) is 5.95. The van der Waals surface area contributed by atoms with Gasteiger partial charge in [-0.05, 0) is 71.8 Å². The van der Waals surface area contributed by atoms with Crippen molar-refractivity contribution in [1.29, 1.82) is 0 Å². The molecule has 0 aliphatic heterocycles. The maximum absolute atomic E-state index is 13.1. The van der Waals surface area contributed by atoms with Gasteiger partial charge >= 0.3 is 5.97 Å². The van der Waals surface area contributed by atoms with Crippen LogP contribution in [0.1, 0.15) is 16.2 Å². The van der Waals surface area contributed by atoms with Gasteiger partial charge in [-0.2, -0.15) is 0 Å². The van der Waals surface area contributed by atoms with Crippen molar-refractivity contribution in [1.82, 2.24) is 4.98 Å². The molecule has 4 rings (SSSR count). The van der Waals surface area contributed by atoms with Gasteiger partial charge in [0.1, 0.15) is 23.0 Å². The molecule has 1 amide bonds. The average molecular weight is 457 g/mol. The van der Waals surface area contributed by atoms with Crippen molar-refractivity contribution in [2.75, 3.05) is 5.48 Å². The van der Waals surface area contributed by atoms with E-state index in [2.05, 4.69) is 10.5 Å². The second-order valence-electron chi connectivity index (χ2n) is 7.30. The zero-order chi connectivity index (χ0) is 23.9. The number of nitrogens with one attached hydrogen (secondary N) is 1. The van der Waals surface area contributed by atoms with E-state index in [1.807, 2.05) is 6.07 Å². The molecule has 8 heteroatoms. The number of carbonyl (C=O) groups is 2. The Balaban J connectivity index is 1.49. The molecule has 34 heavy (non-hydrogen) atoms. The molecule has 1 heterocycles. The largest absolute Gasteiger partial charge is 0.457 e. The highest BCUT2D eigenvalue weighted by Gasteiger charge is 2.13. The molecule has 3 aromatic carbocycles. The summed E-state index contributed by atoms with van der Waals surface area (Å²) >= 11 is 0. The summed E-state index contributed by atoms with van der Waals surface area (Å²) in [6, 6.07) is 24.9. The Kier molecular flexibility index (Phi) is 6.78. The molecule has 170 valence electrons. The third-order valence-corrected chi connectivity index (χ3v) is 4.75. The highest BCUT2D eigenvalue weighted by atomic mass is 19.1. The molecule has 0 aliphatic carbocycles. The number of aromatic nitrogens is 1. The number of ether oxygens (including phenoxy) is 1. The lowest BCUT2D eigenvalue weighted by atomic mass is 10.0. The topological polar surface area (TPSA) is 104 Å². The van der Waals surface area contributed by atoms with Gasteiger partial charge in [-0.3, -0.25) is 4.79 Å². The Morgan fingerprint density at radius 3 is 2.15 bits per heavy atom. The standard InChI is InChI=1S/C26H20FN3O4/c27-19-8-12-23(13-9-19)33-22-10-6-17(7-11-22)18-14-21(29-24(15-18)26(28)32)16-25(31)34-30-20-4-2-1-3-5-20/h1-15,30H,16H2,(H2,28,32). The fraction of sp³-hybridized carbons (Fsp3) is 0.0385. The lowest BCUT2D eigenvalue weighted by molar-refractivity contribution is -0.139. The second-order valence-corrected chi connectivity index (χ2v) is 7.30. The van der Waals surface area contributed by atoms with Crippen LogP contribution >= 0.6 is 0 Å². The molecule has 0 bridgehead atoms. The van der Waals surface area contributed by atoms with E-state index in [1.165, 1.54) is 24.3 Å². The highest BCUT2D eigenvalue weighted by molar-refractivity contribution is 5.92. The minimum Gasteiger partial charge on any atom is -0.457 e. The first-order chi connectivity index (χ1) is 16.5. The van der Waals surface area contributed by atoms with Crippen LogP contribution in [0.2, 0.25) is 0 Å². The van der Waals surface area contributed by atoms with E-state index in [-0.39, 0.29) is 17.9 Å². The molecule has 0 aliphatic rings. The van der Waals surface area contributed by atoms with Crippen molar-refractivity contribution in [3.63, 3.8) is 0 Å². The highest BCUT2D eigenvalue weighted by Crippen LogP contribution is 2.27. The summed E-state index contributed by atoms with van der Waals surface area (Å²) in [6.45, 7) is 0. The Morgan fingerprint density at radius 2 is 1.50 bits per heavy atom. The summed E-state index contributed by atoms with van der Waals surface area (Å²) in [5.74, 6) is -0.586. The molecular formula is C26H20FN3O4. The molecule has 0 spiro atoms. The monoisotopic (exact) mass is 457 g/mol. The first-order valence-corrected chi connectivity index (χ1v) is 10.3. The molecule has 4 aromatic rings. The molecule has 0 saturated carbocycles. The molecule has 0 saturated heterocycles. The minimum atomic E-state index is -0.713. The van der Waals surface area contributed by atoms with Crippen LogP contribution in [0.4, 0.5) is 10.1 Å². The van der Waals surface area contributed by atoms with Crippen molar-refractivity contribution in [3.8, 4) is 22.6 Å². The van der Waals surface area contributed by atoms with Crippen LogP contribution in [0.15, 0.2) is 91.0 Å². The summed E-state index contributed by atoms with van der Waals surface area (Å²) in [7, 11) is 0. The van der Waals surface area contributed by atoms with Crippen molar-refractivity contribution in [3.05, 3.63) is 108 Å². The first-order valence-electron chi connectivity index (χ1n) is 10.3. The van der Waals surface area contributed by atoms with Crippen molar-refractivity contribution >= 4 is 17.6 Å². The lowest BCUT2D eigenvalue weighted by Gasteiger charge is -2.10. The van der Waals surface area contributed by atoms with Crippen LogP contribution in [-0.4, -0.2) is 16.9 Å². The van der Waals surface area contributed by atoms with Gasteiger partial charge in [0.05, 0.1) is 17.8 Å². The van der Waals surface area contributed by atoms with E-state index < -0.39 is 11.9 Å². The Labute approximate surface area is 194 Å². The summed E-state index contributed by atoms with van der Waals surface area (Å²) in [5.41, 5.74) is 10.4. The molecule has 0 radical (unpaired) electrons. The summed E-state index contributed by atoms with van der Waals surface area (Å²) in [5, 5.41) is 0. The van der Waals surface area contributed by atoms with Gasteiger partial charge in [0.15, 0.2) is 0 Å². The molecule has 7 nitrogen and oxygen atoms in total. The van der Waals surface area contributed by atoms with E-state index in [0.29, 0.717) is 28.4 Å². The maximum atomic E-state index is 13.1. The summed E-state index contributed by atoms with van der Waals surface area (Å²) in [6.07, 6.45) is -0.167. The Morgan fingerprint density at radius 1 is 0.853 bits per heavy atom. The summed E-state index contributed by atoms with van der Waals surface area (Å²) < 4.78 is 18.8. The van der Waals surface area contributed by atoms with Gasteiger partial charge in [-0.25, -0.2) is 19.6 Å². The lowest BCUT2D eigenvalue weighted by Crippen LogP contribution is -2.17. The van der Waals surface area contributed by atoms with Crippen LogP contribution in [-0.2, 0) is 16.1 Å². The maximum Gasteiger partial charge on any atom is 0.338 e. The number of nitrogens with two attached hydrogens (primary N) is 1. The minimum absolute atomic E-state index is 0.0305. The van der Waals surface area contributed by atoms with Gasteiger partial charge in [-0.15, -0.1) is 0 Å². The molecule has 0 unspecified atom stereocenters. The number of nitrogens with zero attached hydrogens (tertiary/aromatic N) is 1. The number of anilines is 1. The van der Waals surface area contributed by atoms with E-state index in [4.69, 9.17) is 15.3 Å². The van der Waals surface area contributed by atoms with Crippen LogP contribution in [0, 0.1) is 5.82 Å². The van der Waals surface area contributed by atoms with Crippen LogP contribution in [0.25, 0.3) is 11.1 Å². The van der Waals surface area contributed by atoms with Crippen LogP contribution in [0.3, 0.4) is 0 Å². The number of benzene rings is 3. The average Bonchev–Trinajstić information content (AvgIpc) is 2.85. The van der Waals surface area contributed by atoms with Crippen molar-refractivity contribution in [2.24, 2.45) is 5.73 Å². The Hall–Kier alpha value is -4.72. The van der Waals surface area contributed by atoms with Gasteiger partial charge in [0, 0.05) is 0 Å². The summed E-state index contributed by atoms with van der Waals surface area (Å²) in [4.78, 5) is 33.3. The van der Waals surface area contributed by atoms with Crippen molar-refractivity contribution in [2.45, 2.75) is 6.42 Å². The van der Waals surface area contributed by atoms with Crippen LogP contribution in [0.5, 0.6) is 11.5 Å². The predicted molar refractivity (Wildman–Crippen MR) is 125 cm³/mol. The van der Waals surface area contributed by atoms with Crippen LogP contribution < -0.4 is 16.0 Å². The number of pyridine rings is 1. The fourth-order valence-corrected chi connectivity index (χ4v) is 3.13. The van der Waals surface area contributed by atoms with Gasteiger partial charge in [0.2, 0.25) is 0 Å². The number of para-hydroxylation sites is 1. The van der Waals surface area contributed by atoms with Gasteiger partial charge in [-0.1, -0.05) is 30.3 Å². The number of rotatable bonds is 8. The molecule has 0 fully saturated rings. The number of halogens is 1. The number of hydrogen-bond donors (Lipinski definition) is 2. The quantitative estimate of drug-likeness (QED) is 0.365. The van der Waals surface area contributed by atoms with E-state index in [1.54, 1.807) is 60.7 Å². The number of carbonyl (C=O) groups excluding carboxylic acids is 2. The van der Waals surface area contributed by atoms with E-state index >= 15 is 0 Å². The van der Waals surface area contributed by atoms with E-state index in [0.717, 1.165) is 5.56 Å². The number of amides is 1. The molecule has 3 N–H and O–H groups in total. The molecule has 0 atom stereocenters. The molecular weight excluding hydrogens is 437 g/mol. The first kappa shape index (κ1) is 22.5. The fourth-order valence-electron chi connectivity index (χ4n) is 3.13. The normalized spacial score (nSPS) is 10.4. The zero-order valence-electron chi connectivity index (χ0n) is 17.9. The molecule has 1 aromatic heterocycles. The Bertz CT molecular complexity index is 1290. The number of primary amides is 1.